The van der Waals surface area contributed by atoms with Crippen molar-refractivity contribution in [2.45, 2.75) is 0 Å². The number of carbonyl (C=O) groups is 1. The molecule has 3 aromatic rings. The zero-order chi connectivity index (χ0) is 16.1. The summed E-state index contributed by atoms with van der Waals surface area (Å²) in [6.45, 7) is -0.108. The Balaban J connectivity index is 1.58. The third-order valence-corrected chi connectivity index (χ3v) is 3.00. The standard InChI is InChI=1S/C15H14N6O2/c16-11-4-6-12(7-5-11)18-15(22)9-23-14-3-1-2-13(8-14)21-10-17-19-20-21/h1-8,10H,9,16H2,(H,18,22). The molecule has 8 heteroatoms. The predicted molar refractivity (Wildman–Crippen MR) is 84.1 cm³/mol. The first-order chi connectivity index (χ1) is 11.2. The van der Waals surface area contributed by atoms with Gasteiger partial charge in [-0.15, -0.1) is 5.10 Å². The number of anilines is 2. The normalized spacial score (nSPS) is 10.3. The number of tetrazole rings is 1. The summed E-state index contributed by atoms with van der Waals surface area (Å²) in [5.41, 5.74) is 7.64. The molecule has 0 saturated heterocycles. The molecular weight excluding hydrogens is 296 g/mol. The summed E-state index contributed by atoms with van der Waals surface area (Å²) in [6.07, 6.45) is 1.48. The number of aromatic nitrogens is 4. The van der Waals surface area contributed by atoms with Gasteiger partial charge in [0, 0.05) is 17.4 Å². The maximum atomic E-state index is 11.9. The predicted octanol–water partition coefficient (Wildman–Crippen LogP) is 1.26. The summed E-state index contributed by atoms with van der Waals surface area (Å²) < 4.78 is 6.99. The summed E-state index contributed by atoms with van der Waals surface area (Å²) in [5.74, 6) is 0.285. The van der Waals surface area contributed by atoms with Crippen LogP contribution in [-0.4, -0.2) is 32.7 Å². The number of nitrogens with zero attached hydrogens (tertiary/aromatic N) is 4. The molecule has 0 bridgehead atoms. The first-order valence-corrected chi connectivity index (χ1v) is 6.82. The number of carbonyl (C=O) groups excluding carboxylic acids is 1. The van der Waals surface area contributed by atoms with Gasteiger partial charge >= 0.3 is 0 Å². The van der Waals surface area contributed by atoms with Gasteiger partial charge in [0.1, 0.15) is 12.1 Å². The summed E-state index contributed by atoms with van der Waals surface area (Å²) in [7, 11) is 0. The van der Waals surface area contributed by atoms with Crippen molar-refractivity contribution in [1.82, 2.24) is 20.2 Å². The van der Waals surface area contributed by atoms with Crippen molar-refractivity contribution in [2.24, 2.45) is 0 Å². The van der Waals surface area contributed by atoms with E-state index < -0.39 is 0 Å². The topological polar surface area (TPSA) is 108 Å². The van der Waals surface area contributed by atoms with Crippen LogP contribution >= 0.6 is 0 Å². The molecule has 0 aliphatic heterocycles. The van der Waals surface area contributed by atoms with Gasteiger partial charge in [-0.25, -0.2) is 4.68 Å². The van der Waals surface area contributed by atoms with E-state index in [1.807, 2.05) is 6.07 Å². The van der Waals surface area contributed by atoms with E-state index in [-0.39, 0.29) is 12.5 Å². The number of nitrogen functional groups attached to an aromatic ring is 1. The number of amides is 1. The molecule has 0 fully saturated rings. The van der Waals surface area contributed by atoms with Crippen LogP contribution in [0.3, 0.4) is 0 Å². The number of benzene rings is 2. The molecule has 0 spiro atoms. The summed E-state index contributed by atoms with van der Waals surface area (Å²) in [5, 5.41) is 13.7. The molecule has 0 aliphatic rings. The minimum absolute atomic E-state index is 0.108. The van der Waals surface area contributed by atoms with E-state index in [4.69, 9.17) is 10.5 Å². The minimum atomic E-state index is -0.261. The van der Waals surface area contributed by atoms with Gasteiger partial charge in [-0.1, -0.05) is 6.07 Å². The van der Waals surface area contributed by atoms with Crippen LogP contribution in [0.15, 0.2) is 54.9 Å². The van der Waals surface area contributed by atoms with E-state index in [0.29, 0.717) is 17.1 Å². The van der Waals surface area contributed by atoms with Crippen LogP contribution in [0.4, 0.5) is 11.4 Å². The van der Waals surface area contributed by atoms with Crippen molar-refractivity contribution in [1.29, 1.82) is 0 Å². The molecule has 3 N–H and O–H groups in total. The summed E-state index contributed by atoms with van der Waals surface area (Å²) in [4.78, 5) is 11.9. The second-order valence-corrected chi connectivity index (χ2v) is 4.71. The lowest BCUT2D eigenvalue weighted by Gasteiger charge is -2.08. The maximum Gasteiger partial charge on any atom is 0.262 e. The van der Waals surface area contributed by atoms with Crippen LogP contribution in [0.5, 0.6) is 5.75 Å². The van der Waals surface area contributed by atoms with Crippen LogP contribution in [0.1, 0.15) is 0 Å². The first-order valence-electron chi connectivity index (χ1n) is 6.82. The third-order valence-electron chi connectivity index (χ3n) is 3.00. The van der Waals surface area contributed by atoms with Crippen molar-refractivity contribution in [3.8, 4) is 11.4 Å². The van der Waals surface area contributed by atoms with Crippen molar-refractivity contribution < 1.29 is 9.53 Å². The highest BCUT2D eigenvalue weighted by molar-refractivity contribution is 5.92. The first kappa shape index (κ1) is 14.5. The number of ether oxygens (including phenoxy) is 1. The van der Waals surface area contributed by atoms with E-state index >= 15 is 0 Å². The highest BCUT2D eigenvalue weighted by Gasteiger charge is 2.05. The average molecular weight is 310 g/mol. The fourth-order valence-corrected chi connectivity index (χ4v) is 1.91. The molecule has 116 valence electrons. The van der Waals surface area contributed by atoms with Crippen molar-refractivity contribution >= 4 is 17.3 Å². The van der Waals surface area contributed by atoms with Gasteiger partial charge in [0.25, 0.3) is 5.91 Å². The highest BCUT2D eigenvalue weighted by Crippen LogP contribution is 2.16. The minimum Gasteiger partial charge on any atom is -0.484 e. The maximum absolute atomic E-state index is 11.9. The molecule has 3 rings (SSSR count). The Kier molecular flexibility index (Phi) is 4.14. The third kappa shape index (κ3) is 3.82. The second-order valence-electron chi connectivity index (χ2n) is 4.71. The van der Waals surface area contributed by atoms with Gasteiger partial charge < -0.3 is 15.8 Å². The molecule has 1 amide bonds. The van der Waals surface area contributed by atoms with Crippen molar-refractivity contribution in [2.75, 3.05) is 17.7 Å². The second kappa shape index (κ2) is 6.56. The molecule has 1 heterocycles. The number of nitrogens with one attached hydrogen (secondary N) is 1. The Bertz CT molecular complexity index is 786. The van der Waals surface area contributed by atoms with E-state index in [1.54, 1.807) is 42.5 Å². The Morgan fingerprint density at radius 3 is 2.78 bits per heavy atom. The van der Waals surface area contributed by atoms with Gasteiger partial charge in [0.15, 0.2) is 6.61 Å². The smallest absolute Gasteiger partial charge is 0.262 e. The molecule has 0 radical (unpaired) electrons. The molecule has 23 heavy (non-hydrogen) atoms. The van der Waals surface area contributed by atoms with Crippen LogP contribution in [0, 0.1) is 0 Å². The van der Waals surface area contributed by atoms with E-state index in [0.717, 1.165) is 5.69 Å². The lowest BCUT2D eigenvalue weighted by molar-refractivity contribution is -0.118. The Labute approximate surface area is 131 Å². The molecule has 0 saturated carbocycles. The SMILES string of the molecule is Nc1ccc(NC(=O)COc2cccc(-n3cnnn3)c2)cc1. The van der Waals surface area contributed by atoms with Crippen LogP contribution in [0.2, 0.25) is 0 Å². The Morgan fingerprint density at radius 1 is 1.22 bits per heavy atom. The Hall–Kier alpha value is -3.42. The molecule has 0 atom stereocenters. The van der Waals surface area contributed by atoms with Crippen LogP contribution in [0.25, 0.3) is 5.69 Å². The molecule has 8 nitrogen and oxygen atoms in total. The number of hydrogen-bond donors (Lipinski definition) is 2. The van der Waals surface area contributed by atoms with Gasteiger partial charge in [0.2, 0.25) is 0 Å². The number of nitrogens with two attached hydrogens (primary N) is 1. The molecule has 2 aromatic carbocycles. The largest absolute Gasteiger partial charge is 0.484 e. The van der Waals surface area contributed by atoms with Gasteiger partial charge in [-0.05, 0) is 46.8 Å². The zero-order valence-corrected chi connectivity index (χ0v) is 12.1. The highest BCUT2D eigenvalue weighted by atomic mass is 16.5. The van der Waals surface area contributed by atoms with Gasteiger partial charge in [-0.3, -0.25) is 4.79 Å². The van der Waals surface area contributed by atoms with E-state index in [1.165, 1.54) is 11.0 Å². The van der Waals surface area contributed by atoms with Crippen LogP contribution in [-0.2, 0) is 4.79 Å². The quantitative estimate of drug-likeness (QED) is 0.687. The molecule has 0 unspecified atom stereocenters. The van der Waals surface area contributed by atoms with Crippen molar-refractivity contribution in [3.05, 3.63) is 54.9 Å². The number of rotatable bonds is 5. The number of hydrogen-bond acceptors (Lipinski definition) is 6. The molecule has 0 aliphatic carbocycles. The van der Waals surface area contributed by atoms with E-state index in [9.17, 15) is 4.79 Å². The van der Waals surface area contributed by atoms with Crippen LogP contribution < -0.4 is 15.8 Å². The molecular formula is C15H14N6O2. The zero-order valence-electron chi connectivity index (χ0n) is 12.1. The molecule has 1 aromatic heterocycles. The monoisotopic (exact) mass is 310 g/mol. The summed E-state index contributed by atoms with van der Waals surface area (Å²) >= 11 is 0. The van der Waals surface area contributed by atoms with E-state index in [2.05, 4.69) is 20.8 Å². The van der Waals surface area contributed by atoms with Gasteiger partial charge in [0.05, 0.1) is 5.69 Å². The average Bonchev–Trinajstić information content (AvgIpc) is 3.10. The van der Waals surface area contributed by atoms with Gasteiger partial charge in [-0.2, -0.15) is 0 Å². The Morgan fingerprint density at radius 2 is 2.04 bits per heavy atom. The lowest BCUT2D eigenvalue weighted by Crippen LogP contribution is -2.20. The lowest BCUT2D eigenvalue weighted by atomic mass is 10.3. The van der Waals surface area contributed by atoms with Crippen molar-refractivity contribution in [3.63, 3.8) is 0 Å². The summed E-state index contributed by atoms with van der Waals surface area (Å²) in [6, 6.07) is 14.0. The fraction of sp³-hybridized carbons (Fsp3) is 0.0667. The fourth-order valence-electron chi connectivity index (χ4n) is 1.91.